The Balaban J connectivity index is 1.27. The fourth-order valence-corrected chi connectivity index (χ4v) is 5.06. The molecule has 2 heterocycles. The van der Waals surface area contributed by atoms with Gasteiger partial charge in [0.2, 0.25) is 5.91 Å². The lowest BCUT2D eigenvalue weighted by Gasteiger charge is -2.23. The third-order valence-corrected chi connectivity index (χ3v) is 6.78. The number of rotatable bonds is 4. The summed E-state index contributed by atoms with van der Waals surface area (Å²) < 4.78 is 6.50. The van der Waals surface area contributed by atoms with Gasteiger partial charge in [-0.05, 0) is 61.0 Å². The van der Waals surface area contributed by atoms with E-state index in [1.54, 1.807) is 35.6 Å². The Morgan fingerprint density at radius 3 is 2.62 bits per heavy atom. The summed E-state index contributed by atoms with van der Waals surface area (Å²) in [5.41, 5.74) is 3.72. The molecule has 172 valence electrons. The van der Waals surface area contributed by atoms with Crippen LogP contribution in [-0.4, -0.2) is 45.7 Å². The predicted octanol–water partition coefficient (Wildman–Crippen LogP) is 4.84. The molecule has 1 aliphatic heterocycles. The lowest BCUT2D eigenvalue weighted by molar-refractivity contribution is -0.119. The van der Waals surface area contributed by atoms with Crippen LogP contribution in [0.1, 0.15) is 12.0 Å². The van der Waals surface area contributed by atoms with Gasteiger partial charge < -0.3 is 15.2 Å². The molecule has 1 fully saturated rings. The van der Waals surface area contributed by atoms with Crippen molar-refractivity contribution in [2.24, 2.45) is 0 Å². The van der Waals surface area contributed by atoms with E-state index in [0.29, 0.717) is 11.4 Å². The first-order valence-corrected chi connectivity index (χ1v) is 11.8. The number of anilines is 1. The van der Waals surface area contributed by atoms with Gasteiger partial charge in [-0.1, -0.05) is 24.3 Å². The lowest BCUT2D eigenvalue weighted by atomic mass is 10.1. The molecule has 5 rings (SSSR count). The number of fused-ring (bicyclic) bond motifs is 1. The third-order valence-electron chi connectivity index (χ3n) is 5.71. The van der Waals surface area contributed by atoms with E-state index in [1.165, 1.54) is 10.5 Å². The Hall–Kier alpha value is -3.75. The smallest absolute Gasteiger partial charge is 0.410 e. The van der Waals surface area contributed by atoms with Crippen molar-refractivity contribution in [3.05, 3.63) is 78.4 Å². The molecule has 0 bridgehead atoms. The maximum Gasteiger partial charge on any atom is 0.416 e. The highest BCUT2D eigenvalue weighted by Crippen LogP contribution is 2.31. The number of carbonyl (C=O) groups is 2. The first-order chi connectivity index (χ1) is 16.5. The van der Waals surface area contributed by atoms with Crippen molar-refractivity contribution in [2.75, 3.05) is 11.9 Å². The maximum atomic E-state index is 12.9. The van der Waals surface area contributed by atoms with Crippen molar-refractivity contribution in [3.8, 4) is 16.3 Å². The first kappa shape index (κ1) is 22.1. The fraction of sp³-hybridized carbons (Fsp3) is 0.192. The van der Waals surface area contributed by atoms with E-state index in [9.17, 15) is 14.7 Å². The number of para-hydroxylation sites is 1. The molecule has 0 unspecified atom stereocenters. The van der Waals surface area contributed by atoms with Crippen LogP contribution in [0.3, 0.4) is 0 Å². The lowest BCUT2D eigenvalue weighted by Crippen LogP contribution is -2.44. The topological polar surface area (TPSA) is 91.8 Å². The zero-order chi connectivity index (χ0) is 23.7. The molecule has 1 aliphatic rings. The molecule has 7 nitrogen and oxygen atoms in total. The van der Waals surface area contributed by atoms with Gasteiger partial charge in [-0.15, -0.1) is 11.3 Å². The number of aliphatic hydroxyl groups excluding tert-OH is 1. The van der Waals surface area contributed by atoms with E-state index < -0.39 is 18.2 Å². The molecule has 0 spiro atoms. The molecular formula is C26H23N3O4S. The highest BCUT2D eigenvalue weighted by atomic mass is 32.1. The van der Waals surface area contributed by atoms with Gasteiger partial charge in [-0.25, -0.2) is 9.78 Å². The summed E-state index contributed by atoms with van der Waals surface area (Å²) in [6.45, 7) is 2.10. The summed E-state index contributed by atoms with van der Waals surface area (Å²) in [4.78, 5) is 31.5. The highest BCUT2D eigenvalue weighted by Gasteiger charge is 2.40. The molecule has 4 aromatic rings. The second-order valence-corrected chi connectivity index (χ2v) is 9.33. The zero-order valence-corrected chi connectivity index (χ0v) is 19.3. The number of hydrogen-bond donors (Lipinski definition) is 2. The van der Waals surface area contributed by atoms with Gasteiger partial charge in [0.1, 0.15) is 16.8 Å². The van der Waals surface area contributed by atoms with Crippen LogP contribution in [0.15, 0.2) is 72.8 Å². The van der Waals surface area contributed by atoms with Gasteiger partial charge in [-0.2, -0.15) is 0 Å². The summed E-state index contributed by atoms with van der Waals surface area (Å²) >= 11 is 1.62. The molecule has 2 atom stereocenters. The van der Waals surface area contributed by atoms with Gasteiger partial charge in [0.15, 0.2) is 0 Å². The summed E-state index contributed by atoms with van der Waals surface area (Å²) in [5.74, 6) is 0.0124. The summed E-state index contributed by atoms with van der Waals surface area (Å²) in [6, 6.07) is 21.4. The number of aliphatic hydroxyl groups is 1. The van der Waals surface area contributed by atoms with Gasteiger partial charge in [-0.3, -0.25) is 9.69 Å². The average molecular weight is 474 g/mol. The normalized spacial score (nSPS) is 17.6. The van der Waals surface area contributed by atoms with Crippen molar-refractivity contribution < 1.29 is 19.4 Å². The third kappa shape index (κ3) is 4.64. The maximum absolute atomic E-state index is 12.9. The number of aryl methyl sites for hydroxylation is 1. The average Bonchev–Trinajstić information content (AvgIpc) is 3.43. The van der Waals surface area contributed by atoms with Crippen molar-refractivity contribution in [1.82, 2.24) is 9.88 Å². The quantitative estimate of drug-likeness (QED) is 0.442. The van der Waals surface area contributed by atoms with Gasteiger partial charge in [0.05, 0.1) is 22.9 Å². The molecule has 8 heteroatoms. The number of benzene rings is 3. The predicted molar refractivity (Wildman–Crippen MR) is 132 cm³/mol. The molecule has 1 aromatic heterocycles. The molecule has 1 saturated heterocycles. The Labute approximate surface area is 200 Å². The van der Waals surface area contributed by atoms with Crippen molar-refractivity contribution in [3.63, 3.8) is 0 Å². The highest BCUT2D eigenvalue weighted by molar-refractivity contribution is 7.21. The number of nitrogens with zero attached hydrogens (tertiary/aromatic N) is 2. The summed E-state index contributed by atoms with van der Waals surface area (Å²) in [7, 11) is 0. The van der Waals surface area contributed by atoms with Crippen molar-refractivity contribution in [1.29, 1.82) is 0 Å². The Morgan fingerprint density at radius 2 is 1.85 bits per heavy atom. The summed E-state index contributed by atoms with van der Waals surface area (Å²) in [5, 5.41) is 13.9. The van der Waals surface area contributed by atoms with E-state index in [2.05, 4.69) is 18.3 Å². The van der Waals surface area contributed by atoms with Crippen LogP contribution < -0.4 is 10.1 Å². The molecule has 2 amide bonds. The molecular weight excluding hydrogens is 450 g/mol. The van der Waals surface area contributed by atoms with Gasteiger partial charge in [0.25, 0.3) is 0 Å². The molecule has 0 radical (unpaired) electrons. The molecule has 2 N–H and O–H groups in total. The second kappa shape index (κ2) is 9.24. The van der Waals surface area contributed by atoms with E-state index >= 15 is 0 Å². The van der Waals surface area contributed by atoms with Crippen molar-refractivity contribution in [2.45, 2.75) is 25.5 Å². The Kier molecular flexibility index (Phi) is 6.00. The number of carbonyl (C=O) groups excluding carboxylic acids is 2. The number of β-amino-alcohol motifs (C(OH)–C–C–N with tert-alkyl or cyclic N) is 1. The van der Waals surface area contributed by atoms with Gasteiger partial charge >= 0.3 is 6.09 Å². The number of hydrogen-bond acceptors (Lipinski definition) is 6. The van der Waals surface area contributed by atoms with Crippen LogP contribution in [-0.2, 0) is 4.79 Å². The number of aromatic nitrogens is 1. The number of likely N-dealkylation sites (tertiary alicyclic amines) is 1. The van der Waals surface area contributed by atoms with Crippen LogP contribution in [0.25, 0.3) is 20.8 Å². The Bertz CT molecular complexity index is 1340. The number of nitrogens with one attached hydrogen (secondary N) is 1. The minimum absolute atomic E-state index is 0.0414. The van der Waals surface area contributed by atoms with Crippen LogP contribution >= 0.6 is 11.3 Å². The van der Waals surface area contributed by atoms with E-state index in [0.717, 1.165) is 20.8 Å². The minimum Gasteiger partial charge on any atom is -0.410 e. The monoisotopic (exact) mass is 473 g/mol. The standard InChI is InChI=1S/C26H23N3O4S/c1-16-7-12-21-23(13-16)34-25(28-21)17-8-10-18(11-9-17)27-24(31)22-14-19(30)15-29(22)26(32)33-20-5-3-2-4-6-20/h2-13,19,22,30H,14-15H2,1H3,(H,27,31)/t19-,22-/m1/s1. The van der Waals surface area contributed by atoms with Crippen LogP contribution in [0.4, 0.5) is 10.5 Å². The van der Waals surface area contributed by atoms with E-state index in [1.807, 2.05) is 42.5 Å². The zero-order valence-electron chi connectivity index (χ0n) is 18.5. The first-order valence-electron chi connectivity index (χ1n) is 11.0. The molecule has 0 saturated carbocycles. The van der Waals surface area contributed by atoms with E-state index in [4.69, 9.17) is 9.72 Å². The largest absolute Gasteiger partial charge is 0.416 e. The van der Waals surface area contributed by atoms with Gasteiger partial charge in [0, 0.05) is 17.7 Å². The number of amides is 2. The molecule has 34 heavy (non-hydrogen) atoms. The van der Waals surface area contributed by atoms with Crippen LogP contribution in [0.5, 0.6) is 5.75 Å². The Morgan fingerprint density at radius 1 is 1.09 bits per heavy atom. The van der Waals surface area contributed by atoms with Crippen molar-refractivity contribution >= 4 is 39.2 Å². The summed E-state index contributed by atoms with van der Waals surface area (Å²) in [6.07, 6.45) is -1.30. The van der Waals surface area contributed by atoms with E-state index in [-0.39, 0.29) is 18.9 Å². The minimum atomic E-state index is -0.821. The second-order valence-electron chi connectivity index (χ2n) is 8.30. The SMILES string of the molecule is Cc1ccc2nc(-c3ccc(NC(=O)[C@H]4C[C@@H](O)CN4C(=O)Oc4ccccc4)cc3)sc2c1. The number of ether oxygens (including phenoxy) is 1. The van der Waals surface area contributed by atoms with Crippen LogP contribution in [0.2, 0.25) is 0 Å². The molecule has 0 aliphatic carbocycles. The van der Waals surface area contributed by atoms with Crippen LogP contribution in [0, 0.1) is 6.92 Å². The molecule has 3 aromatic carbocycles. The fourth-order valence-electron chi connectivity index (χ4n) is 3.99. The number of thiazole rings is 1.